The fraction of sp³-hybridized carbons (Fsp3) is 0.522. The number of nitrogens with one attached hydrogen (secondary N) is 1. The highest BCUT2D eigenvalue weighted by Crippen LogP contribution is 2.38. The van der Waals surface area contributed by atoms with E-state index in [0.29, 0.717) is 23.8 Å². The Balaban J connectivity index is 0.00000363. The Hall–Kier alpha value is -2.14. The minimum absolute atomic E-state index is 0. The molecule has 1 aliphatic heterocycles. The van der Waals surface area contributed by atoms with Crippen molar-refractivity contribution < 1.29 is 14.2 Å². The molecular weight excluding hydrogens is 521 g/mol. The van der Waals surface area contributed by atoms with Crippen LogP contribution in [0.25, 0.3) is 0 Å². The van der Waals surface area contributed by atoms with Gasteiger partial charge in [0.25, 0.3) is 0 Å². The van der Waals surface area contributed by atoms with E-state index in [0.717, 1.165) is 50.8 Å². The number of hydrogen-bond acceptors (Lipinski definition) is 5. The second-order valence-electron chi connectivity index (χ2n) is 7.65. The fourth-order valence-corrected chi connectivity index (χ4v) is 3.85. The molecule has 2 aromatic rings. The van der Waals surface area contributed by atoms with Crippen molar-refractivity contribution in [2.45, 2.75) is 20.0 Å². The van der Waals surface area contributed by atoms with E-state index in [1.807, 2.05) is 19.2 Å². The van der Waals surface area contributed by atoms with Crippen LogP contribution in [-0.4, -0.2) is 74.4 Å². The van der Waals surface area contributed by atoms with E-state index in [1.54, 1.807) is 21.3 Å². The van der Waals surface area contributed by atoms with Gasteiger partial charge in [0.05, 0.1) is 27.9 Å². The Kier molecular flexibility index (Phi) is 10.4. The standard InChI is InChI=1S/C23H35N5O3.HI/c1-6-24-23(25-15-18-7-8-26(2)16-18)28-11-9-27(10-12-28)17-19-13-20(29-3)22(31-5)21(14-19)30-4;/h7-8,13-14,16H,6,9-12,15,17H2,1-5H3,(H,24,25);1H. The van der Waals surface area contributed by atoms with Crippen LogP contribution in [0, 0.1) is 0 Å². The van der Waals surface area contributed by atoms with Gasteiger partial charge in [0.1, 0.15) is 0 Å². The molecule has 0 unspecified atom stereocenters. The number of ether oxygens (including phenoxy) is 3. The summed E-state index contributed by atoms with van der Waals surface area (Å²) in [6, 6.07) is 6.17. The summed E-state index contributed by atoms with van der Waals surface area (Å²) in [4.78, 5) is 9.63. The normalized spacial score (nSPS) is 14.7. The van der Waals surface area contributed by atoms with Crippen LogP contribution >= 0.6 is 24.0 Å². The highest BCUT2D eigenvalue weighted by atomic mass is 127. The van der Waals surface area contributed by atoms with Crippen LogP contribution in [0.2, 0.25) is 0 Å². The lowest BCUT2D eigenvalue weighted by molar-refractivity contribution is 0.172. The number of nitrogens with zero attached hydrogens (tertiary/aromatic N) is 4. The first-order valence-corrected chi connectivity index (χ1v) is 10.7. The van der Waals surface area contributed by atoms with Crippen molar-refractivity contribution in [3.05, 3.63) is 41.7 Å². The van der Waals surface area contributed by atoms with Crippen molar-refractivity contribution >= 4 is 29.9 Å². The van der Waals surface area contributed by atoms with Gasteiger partial charge in [-0.05, 0) is 36.2 Å². The maximum atomic E-state index is 5.49. The number of hydrogen-bond donors (Lipinski definition) is 1. The number of piperazine rings is 1. The quantitative estimate of drug-likeness (QED) is 0.306. The molecule has 1 fully saturated rings. The van der Waals surface area contributed by atoms with Gasteiger partial charge in [-0.1, -0.05) is 0 Å². The zero-order chi connectivity index (χ0) is 22.2. The van der Waals surface area contributed by atoms with Gasteiger partial charge < -0.3 is 29.0 Å². The lowest BCUT2D eigenvalue weighted by Gasteiger charge is -2.36. The Morgan fingerprint density at radius 2 is 1.66 bits per heavy atom. The number of aromatic nitrogens is 1. The molecule has 3 rings (SSSR count). The predicted molar refractivity (Wildman–Crippen MR) is 139 cm³/mol. The second kappa shape index (κ2) is 12.8. The van der Waals surface area contributed by atoms with E-state index >= 15 is 0 Å². The van der Waals surface area contributed by atoms with Gasteiger partial charge in [0, 0.05) is 58.7 Å². The number of rotatable bonds is 8. The Bertz CT molecular complexity index is 853. The SMILES string of the molecule is CCNC(=NCc1ccn(C)c1)N1CCN(Cc2cc(OC)c(OC)c(OC)c2)CC1.I. The molecule has 9 heteroatoms. The summed E-state index contributed by atoms with van der Waals surface area (Å²) in [6.45, 7) is 8.30. The number of halogens is 1. The van der Waals surface area contributed by atoms with Crippen molar-refractivity contribution in [2.24, 2.45) is 12.0 Å². The molecule has 0 spiro atoms. The van der Waals surface area contributed by atoms with E-state index in [9.17, 15) is 0 Å². The average Bonchev–Trinajstić information content (AvgIpc) is 3.21. The molecule has 178 valence electrons. The monoisotopic (exact) mass is 557 g/mol. The maximum absolute atomic E-state index is 5.49. The van der Waals surface area contributed by atoms with Gasteiger partial charge in [0.2, 0.25) is 5.75 Å². The van der Waals surface area contributed by atoms with Gasteiger partial charge in [-0.25, -0.2) is 4.99 Å². The molecular formula is C23H36IN5O3. The highest BCUT2D eigenvalue weighted by Gasteiger charge is 2.21. The molecule has 0 atom stereocenters. The number of aliphatic imine (C=N–C) groups is 1. The summed E-state index contributed by atoms with van der Waals surface area (Å²) in [6.07, 6.45) is 4.17. The van der Waals surface area contributed by atoms with Crippen LogP contribution in [0.5, 0.6) is 17.2 Å². The minimum Gasteiger partial charge on any atom is -0.493 e. The van der Waals surface area contributed by atoms with Gasteiger partial charge in [-0.2, -0.15) is 0 Å². The van der Waals surface area contributed by atoms with Crippen molar-refractivity contribution in [1.82, 2.24) is 19.7 Å². The van der Waals surface area contributed by atoms with Gasteiger partial charge >= 0.3 is 0 Å². The van der Waals surface area contributed by atoms with Crippen molar-refractivity contribution in [3.63, 3.8) is 0 Å². The first kappa shape index (κ1) is 26.1. The summed E-state index contributed by atoms with van der Waals surface area (Å²) < 4.78 is 18.5. The number of methoxy groups -OCH3 is 3. The molecule has 0 amide bonds. The first-order chi connectivity index (χ1) is 15.1. The number of guanidine groups is 1. The topological polar surface area (TPSA) is 63.5 Å². The zero-order valence-electron chi connectivity index (χ0n) is 19.8. The molecule has 1 saturated heterocycles. The Labute approximate surface area is 208 Å². The van der Waals surface area contributed by atoms with Crippen molar-refractivity contribution in [3.8, 4) is 17.2 Å². The van der Waals surface area contributed by atoms with Crippen LogP contribution in [0.1, 0.15) is 18.1 Å². The van der Waals surface area contributed by atoms with E-state index < -0.39 is 0 Å². The zero-order valence-corrected chi connectivity index (χ0v) is 22.1. The largest absolute Gasteiger partial charge is 0.493 e. The van der Waals surface area contributed by atoms with Crippen LogP contribution < -0.4 is 19.5 Å². The third-order valence-electron chi connectivity index (χ3n) is 5.44. The third-order valence-corrected chi connectivity index (χ3v) is 5.44. The summed E-state index contributed by atoms with van der Waals surface area (Å²) in [5.74, 6) is 3.00. The number of benzene rings is 1. The number of aryl methyl sites for hydroxylation is 1. The molecule has 0 saturated carbocycles. The Morgan fingerprint density at radius 1 is 1.00 bits per heavy atom. The van der Waals surface area contributed by atoms with E-state index in [2.05, 4.69) is 45.1 Å². The van der Waals surface area contributed by atoms with Gasteiger partial charge in [0.15, 0.2) is 17.5 Å². The van der Waals surface area contributed by atoms with E-state index in [1.165, 1.54) is 5.56 Å². The molecule has 8 nitrogen and oxygen atoms in total. The smallest absolute Gasteiger partial charge is 0.203 e. The maximum Gasteiger partial charge on any atom is 0.203 e. The summed E-state index contributed by atoms with van der Waals surface area (Å²) >= 11 is 0. The lowest BCUT2D eigenvalue weighted by Crippen LogP contribution is -2.52. The molecule has 0 aliphatic carbocycles. The molecule has 32 heavy (non-hydrogen) atoms. The molecule has 2 heterocycles. The van der Waals surface area contributed by atoms with Crippen molar-refractivity contribution in [2.75, 3.05) is 54.1 Å². The molecule has 1 N–H and O–H groups in total. The van der Waals surface area contributed by atoms with Crippen molar-refractivity contribution in [1.29, 1.82) is 0 Å². The molecule has 1 aromatic heterocycles. The molecule has 0 radical (unpaired) electrons. The molecule has 1 aromatic carbocycles. The first-order valence-electron chi connectivity index (χ1n) is 10.7. The third kappa shape index (κ3) is 6.68. The minimum atomic E-state index is 0. The molecule has 1 aliphatic rings. The van der Waals surface area contributed by atoms with E-state index in [-0.39, 0.29) is 24.0 Å². The Morgan fingerprint density at radius 3 is 2.16 bits per heavy atom. The van der Waals surface area contributed by atoms with Crippen LogP contribution in [-0.2, 0) is 20.1 Å². The van der Waals surface area contributed by atoms with Crippen LogP contribution in [0.3, 0.4) is 0 Å². The van der Waals surface area contributed by atoms with Crippen LogP contribution in [0.15, 0.2) is 35.6 Å². The predicted octanol–water partition coefficient (Wildman–Crippen LogP) is 2.95. The average molecular weight is 557 g/mol. The van der Waals surface area contributed by atoms with Gasteiger partial charge in [-0.3, -0.25) is 4.90 Å². The van der Waals surface area contributed by atoms with Gasteiger partial charge in [-0.15, -0.1) is 24.0 Å². The summed E-state index contributed by atoms with van der Waals surface area (Å²) in [7, 11) is 6.96. The van der Waals surface area contributed by atoms with Crippen LogP contribution in [0.4, 0.5) is 0 Å². The summed E-state index contributed by atoms with van der Waals surface area (Å²) in [5.41, 5.74) is 2.37. The fourth-order valence-electron chi connectivity index (χ4n) is 3.85. The highest BCUT2D eigenvalue weighted by molar-refractivity contribution is 14.0. The second-order valence-corrected chi connectivity index (χ2v) is 7.65. The van der Waals surface area contributed by atoms with E-state index in [4.69, 9.17) is 19.2 Å². The summed E-state index contributed by atoms with van der Waals surface area (Å²) in [5, 5.41) is 3.44. The molecule has 0 bridgehead atoms. The lowest BCUT2D eigenvalue weighted by atomic mass is 10.1.